The lowest BCUT2D eigenvalue weighted by atomic mass is 10.1. The topological polar surface area (TPSA) is 57.8 Å². The van der Waals surface area contributed by atoms with Crippen LogP contribution in [0.5, 0.6) is 0 Å². The van der Waals surface area contributed by atoms with Crippen LogP contribution in [0.4, 0.5) is 4.39 Å². The zero-order chi connectivity index (χ0) is 22.8. The smallest absolute Gasteiger partial charge is 0.220 e. The predicted octanol–water partition coefficient (Wildman–Crippen LogP) is 6.42. The van der Waals surface area contributed by atoms with Crippen molar-refractivity contribution in [3.63, 3.8) is 0 Å². The monoisotopic (exact) mass is 457 g/mol. The van der Waals surface area contributed by atoms with Crippen molar-refractivity contribution in [2.24, 2.45) is 0 Å². The number of halogens is 2. The summed E-state index contributed by atoms with van der Waals surface area (Å²) in [5.41, 5.74) is 4.94. The molecule has 5 rings (SSSR count). The standard InChI is InChI=1S/C27H21ClFN3O/c28-19-11-8-17(9-12-19)10-13-25(33)30-16-21-15-23-22-6-1-2-7-24(22)32-27(23)26(31-21)18-4-3-5-20(29)14-18/h1-9,11-12,14-15,32H,10,13,16H2,(H,30,33). The van der Waals surface area contributed by atoms with E-state index in [4.69, 9.17) is 16.6 Å². The van der Waals surface area contributed by atoms with Gasteiger partial charge >= 0.3 is 0 Å². The highest BCUT2D eigenvalue weighted by molar-refractivity contribution is 6.30. The van der Waals surface area contributed by atoms with Crippen LogP contribution in [0.15, 0.2) is 78.9 Å². The molecular weight excluding hydrogens is 437 g/mol. The third-order valence-electron chi connectivity index (χ3n) is 5.67. The van der Waals surface area contributed by atoms with Gasteiger partial charge in [-0.1, -0.05) is 54.1 Å². The Labute approximate surface area is 195 Å². The van der Waals surface area contributed by atoms with Crippen molar-refractivity contribution in [2.45, 2.75) is 19.4 Å². The van der Waals surface area contributed by atoms with Gasteiger partial charge in [0.1, 0.15) is 5.82 Å². The summed E-state index contributed by atoms with van der Waals surface area (Å²) >= 11 is 5.92. The van der Waals surface area contributed by atoms with E-state index in [0.29, 0.717) is 34.8 Å². The highest BCUT2D eigenvalue weighted by Crippen LogP contribution is 2.32. The molecule has 0 unspecified atom stereocenters. The molecule has 0 aliphatic rings. The summed E-state index contributed by atoms with van der Waals surface area (Å²) in [6.07, 6.45) is 1.00. The van der Waals surface area contributed by atoms with E-state index in [1.165, 1.54) is 12.1 Å². The Kier molecular flexibility index (Phi) is 5.80. The number of aryl methyl sites for hydroxylation is 1. The minimum Gasteiger partial charge on any atom is -0.353 e. The van der Waals surface area contributed by atoms with Crippen molar-refractivity contribution < 1.29 is 9.18 Å². The molecule has 0 fully saturated rings. The first kappa shape index (κ1) is 21.2. The lowest BCUT2D eigenvalue weighted by molar-refractivity contribution is -0.121. The first-order valence-electron chi connectivity index (χ1n) is 10.7. The number of carbonyl (C=O) groups excluding carboxylic acids is 1. The predicted molar refractivity (Wildman–Crippen MR) is 131 cm³/mol. The summed E-state index contributed by atoms with van der Waals surface area (Å²) in [6, 6.07) is 23.9. The van der Waals surface area contributed by atoms with Gasteiger partial charge in [0.15, 0.2) is 0 Å². The average molecular weight is 458 g/mol. The fraction of sp³-hybridized carbons (Fsp3) is 0.111. The first-order valence-corrected chi connectivity index (χ1v) is 11.1. The molecule has 164 valence electrons. The van der Waals surface area contributed by atoms with Gasteiger partial charge < -0.3 is 10.3 Å². The molecule has 0 saturated carbocycles. The Morgan fingerprint density at radius 2 is 1.79 bits per heavy atom. The third-order valence-corrected chi connectivity index (χ3v) is 5.92. The molecule has 0 saturated heterocycles. The Bertz CT molecular complexity index is 1460. The lowest BCUT2D eigenvalue weighted by Crippen LogP contribution is -2.23. The number of benzene rings is 3. The van der Waals surface area contributed by atoms with E-state index >= 15 is 0 Å². The van der Waals surface area contributed by atoms with Crippen molar-refractivity contribution in [1.29, 1.82) is 0 Å². The van der Waals surface area contributed by atoms with Gasteiger partial charge in [-0.25, -0.2) is 9.37 Å². The zero-order valence-corrected chi connectivity index (χ0v) is 18.5. The molecule has 2 N–H and O–H groups in total. The average Bonchev–Trinajstić information content (AvgIpc) is 3.20. The van der Waals surface area contributed by atoms with Gasteiger partial charge in [0.25, 0.3) is 0 Å². The second-order valence-electron chi connectivity index (χ2n) is 7.97. The Morgan fingerprint density at radius 3 is 2.61 bits per heavy atom. The Hall–Kier alpha value is -3.70. The highest BCUT2D eigenvalue weighted by Gasteiger charge is 2.14. The van der Waals surface area contributed by atoms with Gasteiger partial charge in [-0.2, -0.15) is 0 Å². The number of aromatic amines is 1. The molecule has 4 nitrogen and oxygen atoms in total. The van der Waals surface area contributed by atoms with Gasteiger partial charge in [-0.15, -0.1) is 0 Å². The number of hydrogen-bond acceptors (Lipinski definition) is 2. The zero-order valence-electron chi connectivity index (χ0n) is 17.7. The quantitative estimate of drug-likeness (QED) is 0.309. The second kappa shape index (κ2) is 9.04. The molecular formula is C27H21ClFN3O. The van der Waals surface area contributed by atoms with Crippen LogP contribution in [0, 0.1) is 5.82 Å². The lowest BCUT2D eigenvalue weighted by Gasteiger charge is -2.09. The highest BCUT2D eigenvalue weighted by atomic mass is 35.5. The molecule has 0 atom stereocenters. The molecule has 0 spiro atoms. The molecule has 6 heteroatoms. The molecule has 2 heterocycles. The van der Waals surface area contributed by atoms with Crippen LogP contribution in [0.1, 0.15) is 17.7 Å². The fourth-order valence-corrected chi connectivity index (χ4v) is 4.15. The van der Waals surface area contributed by atoms with Gasteiger partial charge in [-0.3, -0.25) is 4.79 Å². The van der Waals surface area contributed by atoms with E-state index in [1.54, 1.807) is 6.07 Å². The van der Waals surface area contributed by atoms with Gasteiger partial charge in [0, 0.05) is 33.3 Å². The molecule has 1 amide bonds. The van der Waals surface area contributed by atoms with Gasteiger partial charge in [0.05, 0.1) is 23.4 Å². The van der Waals surface area contributed by atoms with E-state index in [1.807, 2.05) is 60.7 Å². The summed E-state index contributed by atoms with van der Waals surface area (Å²) in [5.74, 6) is -0.377. The van der Waals surface area contributed by atoms with Crippen molar-refractivity contribution in [2.75, 3.05) is 0 Å². The fourth-order valence-electron chi connectivity index (χ4n) is 4.02. The number of aromatic nitrogens is 2. The van der Waals surface area contributed by atoms with Crippen molar-refractivity contribution >= 4 is 39.3 Å². The van der Waals surface area contributed by atoms with E-state index in [-0.39, 0.29) is 18.3 Å². The number of hydrogen-bond donors (Lipinski definition) is 2. The van der Waals surface area contributed by atoms with Crippen LogP contribution in [0.3, 0.4) is 0 Å². The number of carbonyl (C=O) groups is 1. The number of nitrogens with one attached hydrogen (secondary N) is 2. The van der Waals surface area contributed by atoms with Crippen molar-refractivity contribution in [1.82, 2.24) is 15.3 Å². The molecule has 33 heavy (non-hydrogen) atoms. The van der Waals surface area contributed by atoms with Crippen LogP contribution >= 0.6 is 11.6 Å². The minimum atomic E-state index is -0.320. The summed E-state index contributed by atoms with van der Waals surface area (Å²) in [4.78, 5) is 20.7. The first-order chi connectivity index (χ1) is 16.1. The van der Waals surface area contributed by atoms with Crippen molar-refractivity contribution in [3.05, 3.63) is 101 Å². The molecule has 3 aromatic carbocycles. The minimum absolute atomic E-state index is 0.0573. The van der Waals surface area contributed by atoms with Crippen LogP contribution in [-0.4, -0.2) is 15.9 Å². The maximum Gasteiger partial charge on any atom is 0.220 e. The van der Waals surface area contributed by atoms with Crippen LogP contribution in [0.25, 0.3) is 33.1 Å². The third kappa shape index (κ3) is 4.59. The molecule has 0 bridgehead atoms. The van der Waals surface area contributed by atoms with E-state index in [9.17, 15) is 9.18 Å². The van der Waals surface area contributed by atoms with E-state index in [0.717, 1.165) is 27.4 Å². The normalized spacial score (nSPS) is 11.2. The molecule has 0 aliphatic heterocycles. The number of pyridine rings is 1. The molecule has 2 aromatic heterocycles. The van der Waals surface area contributed by atoms with Crippen LogP contribution < -0.4 is 5.32 Å². The molecule has 0 aliphatic carbocycles. The molecule has 0 radical (unpaired) electrons. The molecule has 5 aromatic rings. The Morgan fingerprint density at radius 1 is 0.970 bits per heavy atom. The maximum absolute atomic E-state index is 14.0. The maximum atomic E-state index is 14.0. The van der Waals surface area contributed by atoms with Gasteiger partial charge in [-0.05, 0) is 48.4 Å². The number of H-pyrrole nitrogens is 1. The Balaban J connectivity index is 1.42. The number of nitrogens with zero attached hydrogens (tertiary/aromatic N) is 1. The number of rotatable bonds is 6. The SMILES string of the molecule is O=C(CCc1ccc(Cl)cc1)NCc1cc2c([nH]c3ccccc32)c(-c2cccc(F)c2)n1. The number of amides is 1. The summed E-state index contributed by atoms with van der Waals surface area (Å²) in [6.45, 7) is 0.289. The van der Waals surface area contributed by atoms with Crippen molar-refractivity contribution in [3.8, 4) is 11.3 Å². The summed E-state index contributed by atoms with van der Waals surface area (Å²) < 4.78 is 14.0. The van der Waals surface area contributed by atoms with Crippen LogP contribution in [-0.2, 0) is 17.8 Å². The summed E-state index contributed by atoms with van der Waals surface area (Å²) in [5, 5.41) is 5.69. The number of para-hydroxylation sites is 1. The van der Waals surface area contributed by atoms with E-state index < -0.39 is 0 Å². The summed E-state index contributed by atoms with van der Waals surface area (Å²) in [7, 11) is 0. The van der Waals surface area contributed by atoms with Crippen LogP contribution in [0.2, 0.25) is 5.02 Å². The second-order valence-corrected chi connectivity index (χ2v) is 8.41. The van der Waals surface area contributed by atoms with Gasteiger partial charge in [0.2, 0.25) is 5.91 Å². The van der Waals surface area contributed by atoms with E-state index in [2.05, 4.69) is 10.3 Å². The number of fused-ring (bicyclic) bond motifs is 3. The largest absolute Gasteiger partial charge is 0.353 e.